The number of aliphatic imine (C=N–C) groups is 1. The number of hydrogen-bond acceptors (Lipinski definition) is 4. The molecule has 6 heteroatoms. The summed E-state index contributed by atoms with van der Waals surface area (Å²) < 4.78 is 5.55. The van der Waals surface area contributed by atoms with Gasteiger partial charge in [-0.1, -0.05) is 33.1 Å². The third-order valence-corrected chi connectivity index (χ3v) is 5.98. The summed E-state index contributed by atoms with van der Waals surface area (Å²) in [5.74, 6) is 1.65. The summed E-state index contributed by atoms with van der Waals surface area (Å²) in [6.45, 7) is 14.0. The molecular formula is C20H41N5O. The lowest BCUT2D eigenvalue weighted by atomic mass is 9.92. The fourth-order valence-corrected chi connectivity index (χ4v) is 4.27. The predicted molar refractivity (Wildman–Crippen MR) is 110 cm³/mol. The Hall–Kier alpha value is -0.850. The first-order valence-corrected chi connectivity index (χ1v) is 10.8. The molecule has 0 aliphatic carbocycles. The Kier molecular flexibility index (Phi) is 10.3. The standard InChI is InChI=1S/C20H41N5O/c1-4-18(5-2)19(25-13-15-26-16-14-25)17-23-20(21-3)22-9-12-24-10-7-6-8-11-24/h18-19H,4-17H2,1-3H3,(H2,21,22,23). The molecule has 0 radical (unpaired) electrons. The molecule has 2 fully saturated rings. The van der Waals surface area contributed by atoms with E-state index in [-0.39, 0.29) is 0 Å². The van der Waals surface area contributed by atoms with Crippen LogP contribution in [0, 0.1) is 5.92 Å². The number of piperidine rings is 1. The minimum absolute atomic E-state index is 0.551. The summed E-state index contributed by atoms with van der Waals surface area (Å²) in [5.41, 5.74) is 0. The molecule has 0 aromatic heterocycles. The van der Waals surface area contributed by atoms with Gasteiger partial charge in [0.2, 0.25) is 0 Å². The maximum Gasteiger partial charge on any atom is 0.191 e. The van der Waals surface area contributed by atoms with E-state index in [2.05, 4.69) is 39.3 Å². The monoisotopic (exact) mass is 367 g/mol. The van der Waals surface area contributed by atoms with Crippen LogP contribution in [0.2, 0.25) is 0 Å². The van der Waals surface area contributed by atoms with E-state index >= 15 is 0 Å². The number of ether oxygens (including phenoxy) is 1. The number of nitrogens with zero attached hydrogens (tertiary/aromatic N) is 3. The van der Waals surface area contributed by atoms with E-state index in [4.69, 9.17) is 4.74 Å². The van der Waals surface area contributed by atoms with E-state index in [0.29, 0.717) is 12.0 Å². The van der Waals surface area contributed by atoms with Crippen molar-refractivity contribution in [3.05, 3.63) is 0 Å². The van der Waals surface area contributed by atoms with Crippen LogP contribution < -0.4 is 10.6 Å². The minimum atomic E-state index is 0.551. The molecule has 6 nitrogen and oxygen atoms in total. The Morgan fingerprint density at radius 1 is 1.00 bits per heavy atom. The van der Waals surface area contributed by atoms with Crippen molar-refractivity contribution >= 4 is 5.96 Å². The van der Waals surface area contributed by atoms with Crippen LogP contribution in [0.4, 0.5) is 0 Å². The van der Waals surface area contributed by atoms with E-state index in [9.17, 15) is 0 Å². The van der Waals surface area contributed by atoms with Gasteiger partial charge in [0.05, 0.1) is 13.2 Å². The highest BCUT2D eigenvalue weighted by molar-refractivity contribution is 5.79. The lowest BCUT2D eigenvalue weighted by Gasteiger charge is -2.39. The summed E-state index contributed by atoms with van der Waals surface area (Å²) in [5, 5.41) is 7.10. The van der Waals surface area contributed by atoms with Crippen LogP contribution in [0.15, 0.2) is 4.99 Å². The zero-order chi connectivity index (χ0) is 18.6. The van der Waals surface area contributed by atoms with Crippen molar-refractivity contribution in [3.8, 4) is 0 Å². The van der Waals surface area contributed by atoms with Gasteiger partial charge in [-0.3, -0.25) is 9.89 Å². The van der Waals surface area contributed by atoms with Gasteiger partial charge in [0.25, 0.3) is 0 Å². The average Bonchev–Trinajstić information content (AvgIpc) is 2.71. The SMILES string of the molecule is CCC(CC)C(CNC(=NC)NCCN1CCCCC1)N1CCOCC1. The van der Waals surface area contributed by atoms with E-state index in [0.717, 1.165) is 51.9 Å². The van der Waals surface area contributed by atoms with Gasteiger partial charge >= 0.3 is 0 Å². The van der Waals surface area contributed by atoms with E-state index in [1.165, 1.54) is 45.2 Å². The zero-order valence-corrected chi connectivity index (χ0v) is 17.3. The number of rotatable bonds is 9. The molecule has 0 aromatic carbocycles. The summed E-state index contributed by atoms with van der Waals surface area (Å²) in [7, 11) is 1.87. The van der Waals surface area contributed by atoms with Gasteiger partial charge in [-0.25, -0.2) is 0 Å². The first-order chi connectivity index (χ1) is 12.8. The van der Waals surface area contributed by atoms with Crippen LogP contribution in [0.5, 0.6) is 0 Å². The number of guanidine groups is 1. The molecule has 152 valence electrons. The molecule has 0 saturated carbocycles. The fourth-order valence-electron chi connectivity index (χ4n) is 4.27. The Morgan fingerprint density at radius 3 is 2.31 bits per heavy atom. The summed E-state index contributed by atoms with van der Waals surface area (Å²) in [6, 6.07) is 0.551. The minimum Gasteiger partial charge on any atom is -0.379 e. The molecule has 0 aromatic rings. The van der Waals surface area contributed by atoms with Crippen molar-refractivity contribution in [1.29, 1.82) is 0 Å². The molecule has 2 N–H and O–H groups in total. The van der Waals surface area contributed by atoms with E-state index < -0.39 is 0 Å². The van der Waals surface area contributed by atoms with Crippen molar-refractivity contribution in [2.24, 2.45) is 10.9 Å². The molecular weight excluding hydrogens is 326 g/mol. The lowest BCUT2D eigenvalue weighted by molar-refractivity contribution is 0.00272. The normalized spacial score (nSPS) is 21.8. The van der Waals surface area contributed by atoms with Crippen molar-refractivity contribution < 1.29 is 4.74 Å². The van der Waals surface area contributed by atoms with Crippen LogP contribution >= 0.6 is 0 Å². The number of morpholine rings is 1. The molecule has 1 atom stereocenters. The highest BCUT2D eigenvalue weighted by atomic mass is 16.5. The molecule has 1 unspecified atom stereocenters. The maximum absolute atomic E-state index is 5.55. The third-order valence-electron chi connectivity index (χ3n) is 5.98. The van der Waals surface area contributed by atoms with Crippen molar-refractivity contribution in [3.63, 3.8) is 0 Å². The number of hydrogen-bond donors (Lipinski definition) is 2. The second-order valence-electron chi connectivity index (χ2n) is 7.57. The van der Waals surface area contributed by atoms with Crippen molar-refractivity contribution in [2.45, 2.75) is 52.0 Å². The quantitative estimate of drug-likeness (QED) is 0.481. The van der Waals surface area contributed by atoms with Gasteiger partial charge in [-0.05, 0) is 31.8 Å². The zero-order valence-electron chi connectivity index (χ0n) is 17.3. The summed E-state index contributed by atoms with van der Waals surface area (Å²) in [4.78, 5) is 9.60. The highest BCUT2D eigenvalue weighted by Crippen LogP contribution is 2.19. The van der Waals surface area contributed by atoms with Crippen LogP contribution in [-0.2, 0) is 4.74 Å². The number of likely N-dealkylation sites (tertiary alicyclic amines) is 1. The smallest absolute Gasteiger partial charge is 0.191 e. The van der Waals surface area contributed by atoms with Gasteiger partial charge in [0.15, 0.2) is 5.96 Å². The highest BCUT2D eigenvalue weighted by Gasteiger charge is 2.27. The molecule has 0 bridgehead atoms. The number of nitrogens with one attached hydrogen (secondary N) is 2. The first-order valence-electron chi connectivity index (χ1n) is 10.8. The molecule has 0 amide bonds. The van der Waals surface area contributed by atoms with Crippen LogP contribution in [-0.4, -0.2) is 87.9 Å². The van der Waals surface area contributed by atoms with Gasteiger partial charge in [0.1, 0.15) is 0 Å². The van der Waals surface area contributed by atoms with Gasteiger partial charge in [-0.15, -0.1) is 0 Å². The van der Waals surface area contributed by atoms with Crippen LogP contribution in [0.25, 0.3) is 0 Å². The maximum atomic E-state index is 5.55. The average molecular weight is 368 g/mol. The molecule has 26 heavy (non-hydrogen) atoms. The van der Waals surface area contributed by atoms with Gasteiger partial charge in [-0.2, -0.15) is 0 Å². The van der Waals surface area contributed by atoms with Gasteiger partial charge in [0, 0.05) is 45.8 Å². The Labute approximate surface area is 160 Å². The van der Waals surface area contributed by atoms with E-state index in [1.807, 2.05) is 7.05 Å². The molecule has 2 saturated heterocycles. The molecule has 0 spiro atoms. The molecule has 2 aliphatic rings. The first kappa shape index (κ1) is 21.5. The van der Waals surface area contributed by atoms with E-state index in [1.54, 1.807) is 0 Å². The summed E-state index contributed by atoms with van der Waals surface area (Å²) >= 11 is 0. The summed E-state index contributed by atoms with van der Waals surface area (Å²) in [6.07, 6.45) is 6.54. The van der Waals surface area contributed by atoms with Crippen LogP contribution in [0.1, 0.15) is 46.0 Å². The fraction of sp³-hybridized carbons (Fsp3) is 0.950. The van der Waals surface area contributed by atoms with Crippen LogP contribution in [0.3, 0.4) is 0 Å². The molecule has 2 heterocycles. The second kappa shape index (κ2) is 12.5. The lowest BCUT2D eigenvalue weighted by Crippen LogP contribution is -2.53. The Balaban J connectivity index is 1.78. The predicted octanol–water partition coefficient (Wildman–Crippen LogP) is 1.77. The van der Waals surface area contributed by atoms with Gasteiger partial charge < -0.3 is 20.3 Å². The Bertz CT molecular complexity index is 388. The third kappa shape index (κ3) is 7.05. The second-order valence-corrected chi connectivity index (χ2v) is 7.57. The molecule has 2 aliphatic heterocycles. The Morgan fingerprint density at radius 2 is 1.69 bits per heavy atom. The molecule has 2 rings (SSSR count). The topological polar surface area (TPSA) is 52.1 Å². The van der Waals surface area contributed by atoms with Crippen molar-refractivity contribution in [1.82, 2.24) is 20.4 Å². The van der Waals surface area contributed by atoms with Crippen molar-refractivity contribution in [2.75, 3.05) is 66.1 Å². The largest absolute Gasteiger partial charge is 0.379 e.